The molecule has 0 unspecified atom stereocenters. The molecule has 0 amide bonds. The predicted molar refractivity (Wildman–Crippen MR) is 116 cm³/mol. The topological polar surface area (TPSA) is 87.0 Å². The monoisotopic (exact) mass is 403 g/mol. The Morgan fingerprint density at radius 3 is 2.40 bits per heavy atom. The van der Waals surface area contributed by atoms with Crippen molar-refractivity contribution < 1.29 is 19.8 Å². The fourth-order valence-electron chi connectivity index (χ4n) is 4.34. The van der Waals surface area contributed by atoms with Gasteiger partial charge in [-0.15, -0.1) is 0 Å². The molecule has 0 aliphatic heterocycles. The van der Waals surface area contributed by atoms with Gasteiger partial charge in [0.05, 0.1) is 0 Å². The van der Waals surface area contributed by atoms with Gasteiger partial charge < -0.3 is 10.2 Å². The van der Waals surface area contributed by atoms with Crippen molar-refractivity contribution in [1.29, 1.82) is 0 Å². The van der Waals surface area contributed by atoms with Crippen LogP contribution in [0.15, 0.2) is 59.1 Å². The summed E-state index contributed by atoms with van der Waals surface area (Å²) in [5.41, 5.74) is 4.68. The van der Waals surface area contributed by atoms with E-state index in [2.05, 4.69) is 18.8 Å². The van der Waals surface area contributed by atoms with Gasteiger partial charge >= 0.3 is 5.97 Å². The van der Waals surface area contributed by atoms with Gasteiger partial charge in [-0.2, -0.15) is 0 Å². The summed E-state index contributed by atoms with van der Waals surface area (Å²) in [5.74, 6) is -1.10. The predicted octanol–water partition coefficient (Wildman–Crippen LogP) is 4.42. The van der Waals surface area contributed by atoms with E-state index in [1.807, 2.05) is 24.3 Å². The number of aliphatic carboxylic acids is 1. The van der Waals surface area contributed by atoms with Crippen molar-refractivity contribution in [3.63, 3.8) is 0 Å². The normalized spacial score (nSPS) is 19.9. The zero-order chi connectivity index (χ0) is 21.5. The molecule has 2 aliphatic carbocycles. The van der Waals surface area contributed by atoms with Crippen LogP contribution in [0.5, 0.6) is 5.75 Å². The molecule has 0 radical (unpaired) electrons. The number of carbonyl (C=O) groups is 2. The standard InChI is InChI=1S/C25H25NO4/c1-25(2)12-11-19-20(14-25)17-5-3-4-6-18(17)22(23(19)28)26-21(24(29)30)13-15-7-9-16(27)10-8-15/h3-10,21,27H,11-14H2,1-2H3,(H,29,30)/t21-/m0/s1. The SMILES string of the molecule is CC1(C)CCC2=C(C1)c1ccccc1C(=N[C@@H](Cc1ccc(O)cc1)C(=O)O)C2=O. The summed E-state index contributed by atoms with van der Waals surface area (Å²) in [6, 6.07) is 13.0. The molecule has 2 aliphatic rings. The van der Waals surface area contributed by atoms with Crippen LogP contribution in [-0.4, -0.2) is 33.7 Å². The average Bonchev–Trinajstić information content (AvgIpc) is 2.71. The first-order chi connectivity index (χ1) is 14.2. The van der Waals surface area contributed by atoms with Gasteiger partial charge in [-0.25, -0.2) is 4.79 Å². The number of phenolic OH excluding ortho intramolecular Hbond substituents is 1. The number of fused-ring (bicyclic) bond motifs is 2. The number of phenols is 1. The van der Waals surface area contributed by atoms with Crippen molar-refractivity contribution >= 4 is 23.0 Å². The van der Waals surface area contributed by atoms with Gasteiger partial charge in [0.2, 0.25) is 5.78 Å². The van der Waals surface area contributed by atoms with Gasteiger partial charge in [0, 0.05) is 17.6 Å². The molecule has 4 rings (SSSR count). The van der Waals surface area contributed by atoms with Gasteiger partial charge in [-0.1, -0.05) is 50.2 Å². The lowest BCUT2D eigenvalue weighted by Gasteiger charge is -2.36. The first-order valence-electron chi connectivity index (χ1n) is 10.2. The Kier molecular flexibility index (Phi) is 5.06. The number of hydrogen-bond donors (Lipinski definition) is 2. The Morgan fingerprint density at radius 1 is 1.07 bits per heavy atom. The van der Waals surface area contributed by atoms with Crippen LogP contribution in [0.1, 0.15) is 49.8 Å². The molecule has 30 heavy (non-hydrogen) atoms. The number of benzene rings is 2. The van der Waals surface area contributed by atoms with Crippen molar-refractivity contribution in [3.05, 3.63) is 70.8 Å². The molecule has 2 aromatic rings. The lowest BCUT2D eigenvalue weighted by atomic mass is 9.68. The van der Waals surface area contributed by atoms with Crippen LogP contribution in [0.4, 0.5) is 0 Å². The maximum absolute atomic E-state index is 13.4. The van der Waals surface area contributed by atoms with Crippen LogP contribution in [0, 0.1) is 5.41 Å². The summed E-state index contributed by atoms with van der Waals surface area (Å²) >= 11 is 0. The second kappa shape index (κ2) is 7.56. The molecular formula is C25H25NO4. The van der Waals surface area contributed by atoms with Gasteiger partial charge in [0.25, 0.3) is 0 Å². The third kappa shape index (κ3) is 3.80. The van der Waals surface area contributed by atoms with Crippen LogP contribution in [0.2, 0.25) is 0 Å². The van der Waals surface area contributed by atoms with E-state index in [0.29, 0.717) is 6.42 Å². The highest BCUT2D eigenvalue weighted by molar-refractivity contribution is 6.54. The third-order valence-electron chi connectivity index (χ3n) is 6.00. The molecule has 0 saturated carbocycles. The molecular weight excluding hydrogens is 378 g/mol. The van der Waals surface area contributed by atoms with E-state index >= 15 is 0 Å². The Hall–Kier alpha value is -3.21. The smallest absolute Gasteiger partial charge is 0.328 e. The van der Waals surface area contributed by atoms with Crippen LogP contribution in [-0.2, 0) is 16.0 Å². The molecule has 2 aromatic carbocycles. The summed E-state index contributed by atoms with van der Waals surface area (Å²) in [5, 5.41) is 19.2. The summed E-state index contributed by atoms with van der Waals surface area (Å²) < 4.78 is 0. The molecule has 5 nitrogen and oxygen atoms in total. The number of nitrogens with zero attached hydrogens (tertiary/aromatic N) is 1. The lowest BCUT2D eigenvalue weighted by molar-refractivity contribution is -0.138. The summed E-state index contributed by atoms with van der Waals surface area (Å²) in [4.78, 5) is 29.8. The number of ketones is 1. The number of Topliss-reactive ketones (excluding diaryl/α,β-unsaturated/α-hetero) is 1. The zero-order valence-electron chi connectivity index (χ0n) is 17.2. The Morgan fingerprint density at radius 2 is 1.73 bits per heavy atom. The van der Waals surface area contributed by atoms with Crippen molar-refractivity contribution in [2.45, 2.75) is 45.6 Å². The van der Waals surface area contributed by atoms with Crippen molar-refractivity contribution in [2.24, 2.45) is 10.4 Å². The fraction of sp³-hybridized carbons (Fsp3) is 0.320. The molecule has 0 aromatic heterocycles. The first kappa shape index (κ1) is 20.1. The highest BCUT2D eigenvalue weighted by Crippen LogP contribution is 2.46. The highest BCUT2D eigenvalue weighted by Gasteiger charge is 2.37. The second-order valence-electron chi connectivity index (χ2n) is 8.88. The van der Waals surface area contributed by atoms with E-state index in [1.54, 1.807) is 12.1 Å². The largest absolute Gasteiger partial charge is 0.508 e. The lowest BCUT2D eigenvalue weighted by Crippen LogP contribution is -2.32. The minimum absolute atomic E-state index is 0.119. The zero-order valence-corrected chi connectivity index (χ0v) is 17.2. The van der Waals surface area contributed by atoms with Crippen LogP contribution in [0.25, 0.3) is 5.57 Å². The van der Waals surface area contributed by atoms with Crippen LogP contribution in [0.3, 0.4) is 0 Å². The minimum atomic E-state index is -1.08. The number of allylic oxidation sites excluding steroid dienone is 2. The molecule has 154 valence electrons. The molecule has 0 spiro atoms. The van der Waals surface area contributed by atoms with Crippen molar-refractivity contribution in [3.8, 4) is 5.75 Å². The number of rotatable bonds is 4. The van der Waals surface area contributed by atoms with E-state index in [9.17, 15) is 19.8 Å². The number of carboxylic acids is 1. The molecule has 0 heterocycles. The van der Waals surface area contributed by atoms with Crippen molar-refractivity contribution in [1.82, 2.24) is 0 Å². The Labute approximate surface area is 175 Å². The molecule has 0 bridgehead atoms. The second-order valence-corrected chi connectivity index (χ2v) is 8.88. The minimum Gasteiger partial charge on any atom is -0.508 e. The summed E-state index contributed by atoms with van der Waals surface area (Å²) in [6.45, 7) is 4.43. The van der Waals surface area contributed by atoms with E-state index in [0.717, 1.165) is 40.7 Å². The number of aliphatic imine (C=N–C) groups is 1. The highest BCUT2D eigenvalue weighted by atomic mass is 16.4. The summed E-state index contributed by atoms with van der Waals surface area (Å²) in [7, 11) is 0. The van der Waals surface area contributed by atoms with E-state index in [1.165, 1.54) is 12.1 Å². The quantitative estimate of drug-likeness (QED) is 0.791. The van der Waals surface area contributed by atoms with Crippen LogP contribution < -0.4 is 0 Å². The van der Waals surface area contributed by atoms with E-state index in [4.69, 9.17) is 0 Å². The maximum Gasteiger partial charge on any atom is 0.328 e. The number of hydrogen-bond acceptors (Lipinski definition) is 4. The van der Waals surface area contributed by atoms with Crippen molar-refractivity contribution in [2.75, 3.05) is 0 Å². The fourth-order valence-corrected chi connectivity index (χ4v) is 4.34. The van der Waals surface area contributed by atoms with Gasteiger partial charge in [0.1, 0.15) is 11.5 Å². The van der Waals surface area contributed by atoms with Gasteiger partial charge in [0.15, 0.2) is 6.04 Å². The van der Waals surface area contributed by atoms with Gasteiger partial charge in [-0.3, -0.25) is 9.79 Å². The molecule has 2 N–H and O–H groups in total. The Bertz CT molecular complexity index is 1080. The molecule has 0 fully saturated rings. The molecule has 5 heteroatoms. The number of aromatic hydroxyl groups is 1. The van der Waals surface area contributed by atoms with E-state index < -0.39 is 12.0 Å². The van der Waals surface area contributed by atoms with Gasteiger partial charge in [-0.05, 0) is 53.5 Å². The number of carboxylic acid groups (broad SMARTS) is 1. The average molecular weight is 403 g/mol. The Balaban J connectivity index is 1.77. The third-order valence-corrected chi connectivity index (χ3v) is 6.00. The number of carbonyl (C=O) groups excluding carboxylic acids is 1. The van der Waals surface area contributed by atoms with E-state index in [-0.39, 0.29) is 29.1 Å². The molecule has 1 atom stereocenters. The maximum atomic E-state index is 13.4. The van der Waals surface area contributed by atoms with Crippen LogP contribution >= 0.6 is 0 Å². The summed E-state index contributed by atoms with van der Waals surface area (Å²) in [6.07, 6.45) is 2.58. The molecule has 0 saturated heterocycles. The first-order valence-corrected chi connectivity index (χ1v) is 10.2.